The summed E-state index contributed by atoms with van der Waals surface area (Å²) < 4.78 is 13.6. The molecule has 1 N–H and O–H groups in total. The first-order chi connectivity index (χ1) is 16.9. The van der Waals surface area contributed by atoms with Crippen LogP contribution in [0.25, 0.3) is 20.4 Å². The van der Waals surface area contributed by atoms with Crippen molar-refractivity contribution in [2.24, 2.45) is 0 Å². The molecule has 1 fully saturated rings. The zero-order valence-corrected chi connectivity index (χ0v) is 22.0. The highest BCUT2D eigenvalue weighted by Crippen LogP contribution is 2.24. The molecule has 3 heterocycles. The Morgan fingerprint density at radius 1 is 1.06 bits per heavy atom. The van der Waals surface area contributed by atoms with Crippen LogP contribution in [0.5, 0.6) is 0 Å². The van der Waals surface area contributed by atoms with Gasteiger partial charge in [-0.3, -0.25) is 0 Å². The first-order valence-corrected chi connectivity index (χ1v) is 13.2. The van der Waals surface area contributed by atoms with Gasteiger partial charge in [0, 0.05) is 6.61 Å². The SMILES string of the molecule is C#C[C@@H](C)OC1CCCCO1.C[C@@H](O)C#Cc1nc2ccccc2s1.Clc1nc2ccccc2s1. The second kappa shape index (κ2) is 14.2. The molecule has 3 atom stereocenters. The summed E-state index contributed by atoms with van der Waals surface area (Å²) in [4.78, 5) is 8.42. The van der Waals surface area contributed by atoms with Gasteiger partial charge < -0.3 is 14.6 Å². The lowest BCUT2D eigenvalue weighted by Crippen LogP contribution is -2.25. The van der Waals surface area contributed by atoms with Crippen LogP contribution in [-0.4, -0.2) is 40.2 Å². The molecule has 2 aromatic carbocycles. The van der Waals surface area contributed by atoms with Crippen molar-refractivity contribution in [1.82, 2.24) is 9.97 Å². The summed E-state index contributed by atoms with van der Waals surface area (Å²) in [5.74, 6) is 8.03. The molecule has 1 aliphatic heterocycles. The lowest BCUT2D eigenvalue weighted by molar-refractivity contribution is -0.173. The van der Waals surface area contributed by atoms with Gasteiger partial charge in [-0.1, -0.05) is 47.7 Å². The fourth-order valence-corrected chi connectivity index (χ4v) is 4.88. The third-order valence-electron chi connectivity index (χ3n) is 4.68. The minimum atomic E-state index is -0.595. The van der Waals surface area contributed by atoms with Gasteiger partial charge in [0.2, 0.25) is 0 Å². The molecule has 0 radical (unpaired) electrons. The van der Waals surface area contributed by atoms with E-state index in [0.717, 1.165) is 44.9 Å². The summed E-state index contributed by atoms with van der Waals surface area (Å²) in [5.41, 5.74) is 1.95. The summed E-state index contributed by atoms with van der Waals surface area (Å²) in [6.07, 6.45) is 7.68. The number of terminal acetylenes is 1. The number of halogens is 1. The Kier molecular flexibility index (Phi) is 11.0. The third-order valence-corrected chi connectivity index (χ3v) is 6.77. The number of aliphatic hydroxyl groups excluding tert-OH is 1. The average Bonchev–Trinajstić information content (AvgIpc) is 3.46. The molecule has 5 rings (SSSR count). The van der Waals surface area contributed by atoms with Gasteiger partial charge in [0.05, 0.1) is 20.4 Å². The van der Waals surface area contributed by atoms with Crippen LogP contribution in [-0.2, 0) is 9.47 Å². The standard InChI is InChI=1S/C11H9NOS.C9H14O2.C7H4ClNS/c1-8(13)6-7-11-12-9-4-2-3-5-10(9)14-11;1-3-8(2)11-9-6-4-5-7-10-9;8-7-9-5-3-1-2-4-6(5)10-7/h2-5,8,13H,1H3;1,8-9H,4-7H2,2H3;1-4H/t8-;8-,9?;/m11./s1. The molecule has 1 unspecified atom stereocenters. The molecule has 0 bridgehead atoms. The molecule has 5 nitrogen and oxygen atoms in total. The van der Waals surface area contributed by atoms with Gasteiger partial charge in [-0.05, 0) is 63.3 Å². The van der Waals surface area contributed by atoms with Gasteiger partial charge in [-0.15, -0.1) is 29.1 Å². The van der Waals surface area contributed by atoms with E-state index < -0.39 is 6.10 Å². The summed E-state index contributed by atoms with van der Waals surface area (Å²) in [7, 11) is 0. The zero-order valence-electron chi connectivity index (χ0n) is 19.6. The minimum absolute atomic E-state index is 0.0604. The average molecular weight is 527 g/mol. The predicted molar refractivity (Wildman–Crippen MR) is 146 cm³/mol. The molecule has 182 valence electrons. The Morgan fingerprint density at radius 3 is 2.29 bits per heavy atom. The van der Waals surface area contributed by atoms with E-state index in [1.165, 1.54) is 17.8 Å². The fourth-order valence-electron chi connectivity index (χ4n) is 3.02. The molecule has 1 saturated heterocycles. The molecule has 0 saturated carbocycles. The number of hydrogen-bond donors (Lipinski definition) is 1. The highest BCUT2D eigenvalue weighted by Gasteiger charge is 2.15. The molecule has 0 aliphatic carbocycles. The van der Waals surface area contributed by atoms with Crippen LogP contribution < -0.4 is 0 Å². The molecule has 2 aromatic heterocycles. The number of hydrogen-bond acceptors (Lipinski definition) is 7. The molecule has 8 heteroatoms. The van der Waals surface area contributed by atoms with Gasteiger partial charge in [-0.25, -0.2) is 9.97 Å². The monoisotopic (exact) mass is 526 g/mol. The smallest absolute Gasteiger partial charge is 0.184 e. The van der Waals surface area contributed by atoms with Crippen LogP contribution in [0.3, 0.4) is 0 Å². The van der Waals surface area contributed by atoms with Gasteiger partial charge in [0.1, 0.15) is 12.2 Å². The highest BCUT2D eigenvalue weighted by molar-refractivity contribution is 7.22. The van der Waals surface area contributed by atoms with E-state index in [1.54, 1.807) is 18.3 Å². The maximum atomic E-state index is 8.99. The van der Waals surface area contributed by atoms with Gasteiger partial charge in [-0.2, -0.15) is 0 Å². The van der Waals surface area contributed by atoms with Crippen molar-refractivity contribution in [3.63, 3.8) is 0 Å². The zero-order chi connectivity index (χ0) is 25.0. The third kappa shape index (κ3) is 9.23. The van der Waals surface area contributed by atoms with Crippen molar-refractivity contribution >= 4 is 54.7 Å². The minimum Gasteiger partial charge on any atom is -0.381 e. The first-order valence-electron chi connectivity index (χ1n) is 11.2. The number of benzene rings is 2. The van der Waals surface area contributed by atoms with E-state index in [0.29, 0.717) is 4.47 Å². The number of ether oxygens (including phenoxy) is 2. The molecule has 35 heavy (non-hydrogen) atoms. The summed E-state index contributed by atoms with van der Waals surface area (Å²) in [5, 5.41) is 9.75. The molecule has 0 amide bonds. The van der Waals surface area contributed by atoms with Crippen molar-refractivity contribution in [3.8, 4) is 24.2 Å². The van der Waals surface area contributed by atoms with Crippen molar-refractivity contribution in [2.45, 2.75) is 51.6 Å². The van der Waals surface area contributed by atoms with Crippen LogP contribution in [0.2, 0.25) is 4.47 Å². The lowest BCUT2D eigenvalue weighted by atomic mass is 10.2. The Bertz CT molecular complexity index is 1240. The number of nitrogens with zero attached hydrogens (tertiary/aromatic N) is 2. The van der Waals surface area contributed by atoms with E-state index in [-0.39, 0.29) is 12.4 Å². The normalized spacial score (nSPS) is 16.5. The van der Waals surface area contributed by atoms with E-state index in [9.17, 15) is 0 Å². The largest absolute Gasteiger partial charge is 0.381 e. The maximum Gasteiger partial charge on any atom is 0.184 e. The Morgan fingerprint density at radius 2 is 1.71 bits per heavy atom. The van der Waals surface area contributed by atoms with Gasteiger partial charge >= 0.3 is 0 Å². The van der Waals surface area contributed by atoms with Gasteiger partial charge in [0.15, 0.2) is 15.8 Å². The fraction of sp³-hybridized carbons (Fsp3) is 0.333. The van der Waals surface area contributed by atoms with Crippen molar-refractivity contribution in [1.29, 1.82) is 0 Å². The summed E-state index contributed by atoms with van der Waals surface area (Å²) in [6, 6.07) is 15.8. The highest BCUT2D eigenvalue weighted by atomic mass is 35.5. The van der Waals surface area contributed by atoms with E-state index in [1.807, 2.05) is 55.5 Å². The van der Waals surface area contributed by atoms with Crippen molar-refractivity contribution in [3.05, 3.63) is 58.0 Å². The molecule has 1 aliphatic rings. The number of thiazole rings is 2. The van der Waals surface area contributed by atoms with Gasteiger partial charge in [0.25, 0.3) is 0 Å². The number of aliphatic hydroxyl groups is 1. The lowest BCUT2D eigenvalue weighted by Gasteiger charge is -2.23. The van der Waals surface area contributed by atoms with Crippen LogP contribution in [0, 0.1) is 24.2 Å². The number of fused-ring (bicyclic) bond motifs is 2. The Balaban J connectivity index is 0.000000149. The topological polar surface area (TPSA) is 64.5 Å². The van der Waals surface area contributed by atoms with Crippen LogP contribution in [0.15, 0.2) is 48.5 Å². The Labute approximate surface area is 219 Å². The maximum absolute atomic E-state index is 8.99. The molecular weight excluding hydrogens is 500 g/mol. The van der Waals surface area contributed by atoms with Crippen molar-refractivity contribution < 1.29 is 14.6 Å². The number of para-hydroxylation sites is 2. The first kappa shape index (κ1) is 27.1. The molecule has 0 spiro atoms. The summed E-state index contributed by atoms with van der Waals surface area (Å²) >= 11 is 8.74. The van der Waals surface area contributed by atoms with Crippen LogP contribution in [0.4, 0.5) is 0 Å². The van der Waals surface area contributed by atoms with E-state index in [4.69, 9.17) is 32.6 Å². The second-order valence-corrected chi connectivity index (χ2v) is 10.3. The summed E-state index contributed by atoms with van der Waals surface area (Å²) in [6.45, 7) is 4.31. The van der Waals surface area contributed by atoms with Crippen LogP contribution in [0.1, 0.15) is 38.1 Å². The molecular formula is C27H27ClN2O3S2. The quantitative estimate of drug-likeness (QED) is 0.301. The predicted octanol–water partition coefficient (Wildman–Crippen LogP) is 6.53. The van der Waals surface area contributed by atoms with E-state index in [2.05, 4.69) is 27.7 Å². The van der Waals surface area contributed by atoms with Crippen molar-refractivity contribution in [2.75, 3.05) is 6.61 Å². The number of aromatic nitrogens is 2. The Hall–Kier alpha value is -2.49. The number of rotatable bonds is 2. The van der Waals surface area contributed by atoms with Crippen LogP contribution >= 0.6 is 34.3 Å². The van der Waals surface area contributed by atoms with E-state index >= 15 is 0 Å². The second-order valence-electron chi connectivity index (χ2n) is 7.61. The molecule has 4 aromatic rings.